The van der Waals surface area contributed by atoms with Gasteiger partial charge >= 0.3 is 0 Å². The summed E-state index contributed by atoms with van der Waals surface area (Å²) < 4.78 is 0. The minimum absolute atomic E-state index is 0.696. The number of halogens is 1. The summed E-state index contributed by atoms with van der Waals surface area (Å²) in [6.45, 7) is 5.75. The predicted molar refractivity (Wildman–Crippen MR) is 63.4 cm³/mol. The molecule has 0 fully saturated rings. The molecule has 0 spiro atoms. The van der Waals surface area contributed by atoms with E-state index in [1.807, 2.05) is 11.8 Å². The molecule has 0 aromatic carbocycles. The van der Waals surface area contributed by atoms with Crippen molar-refractivity contribution in [2.24, 2.45) is 5.92 Å². The van der Waals surface area contributed by atoms with E-state index in [1.54, 1.807) is 0 Å². The van der Waals surface area contributed by atoms with Gasteiger partial charge in [0.15, 0.2) is 0 Å². The van der Waals surface area contributed by atoms with Crippen molar-refractivity contribution in [2.45, 2.75) is 19.9 Å². The van der Waals surface area contributed by atoms with Crippen LogP contribution in [0, 0.1) is 5.92 Å². The molecule has 0 aliphatic carbocycles. The van der Waals surface area contributed by atoms with E-state index in [0.717, 1.165) is 11.2 Å². The van der Waals surface area contributed by atoms with Crippen LogP contribution in [0.4, 0.5) is 0 Å². The van der Waals surface area contributed by atoms with Gasteiger partial charge in [0.25, 0.3) is 0 Å². The predicted octanol–water partition coefficient (Wildman–Crippen LogP) is 2.70. The van der Waals surface area contributed by atoms with Gasteiger partial charge in [-0.25, -0.2) is 0 Å². The third-order valence-corrected chi connectivity index (χ3v) is 3.94. The molecule has 12 heavy (non-hydrogen) atoms. The molecule has 0 N–H and O–H groups in total. The van der Waals surface area contributed by atoms with Gasteiger partial charge < -0.3 is 4.90 Å². The van der Waals surface area contributed by atoms with Crippen molar-refractivity contribution >= 4 is 27.7 Å². The SMILES string of the molecule is CSCC(C)N(C)CC(C)CBr. The Morgan fingerprint density at radius 3 is 2.42 bits per heavy atom. The zero-order chi connectivity index (χ0) is 9.56. The Bertz CT molecular complexity index is 111. The quantitative estimate of drug-likeness (QED) is 0.670. The minimum Gasteiger partial charge on any atom is -0.303 e. The van der Waals surface area contributed by atoms with Gasteiger partial charge in [-0.05, 0) is 26.1 Å². The molecule has 0 aliphatic rings. The summed E-state index contributed by atoms with van der Waals surface area (Å²) in [4.78, 5) is 2.43. The largest absolute Gasteiger partial charge is 0.303 e. The summed E-state index contributed by atoms with van der Waals surface area (Å²) in [7, 11) is 2.21. The Hall–Kier alpha value is 0.790. The van der Waals surface area contributed by atoms with Gasteiger partial charge in [0.1, 0.15) is 0 Å². The lowest BCUT2D eigenvalue weighted by Gasteiger charge is -2.26. The molecule has 0 radical (unpaired) electrons. The second-order valence-electron chi connectivity index (χ2n) is 3.50. The first-order valence-corrected chi connectivity index (χ1v) is 6.88. The van der Waals surface area contributed by atoms with Crippen LogP contribution in [0.3, 0.4) is 0 Å². The highest BCUT2D eigenvalue weighted by atomic mass is 79.9. The van der Waals surface area contributed by atoms with Crippen LogP contribution in [0.1, 0.15) is 13.8 Å². The van der Waals surface area contributed by atoms with E-state index in [-0.39, 0.29) is 0 Å². The van der Waals surface area contributed by atoms with E-state index < -0.39 is 0 Å². The molecule has 0 aromatic heterocycles. The highest BCUT2D eigenvalue weighted by Crippen LogP contribution is 2.08. The molecule has 0 heterocycles. The fourth-order valence-corrected chi connectivity index (χ4v) is 2.03. The van der Waals surface area contributed by atoms with Crippen molar-refractivity contribution in [1.29, 1.82) is 0 Å². The van der Waals surface area contributed by atoms with Crippen LogP contribution in [0.2, 0.25) is 0 Å². The molecule has 2 atom stereocenters. The molecule has 74 valence electrons. The van der Waals surface area contributed by atoms with Crippen molar-refractivity contribution in [3.8, 4) is 0 Å². The second-order valence-corrected chi connectivity index (χ2v) is 5.06. The maximum Gasteiger partial charge on any atom is 0.0155 e. The standard InChI is InChI=1S/C9H20BrNS/c1-8(5-10)6-11(3)9(2)7-12-4/h8-9H,5-7H2,1-4H3. The number of alkyl halides is 1. The fourth-order valence-electron chi connectivity index (χ4n) is 1.09. The Balaban J connectivity index is 3.62. The van der Waals surface area contributed by atoms with E-state index in [4.69, 9.17) is 0 Å². The summed E-state index contributed by atoms with van der Waals surface area (Å²) in [5.41, 5.74) is 0. The molecule has 3 heteroatoms. The Labute approximate surface area is 89.4 Å². The van der Waals surface area contributed by atoms with Crippen LogP contribution < -0.4 is 0 Å². The molecular formula is C9H20BrNS. The number of hydrogen-bond acceptors (Lipinski definition) is 2. The lowest BCUT2D eigenvalue weighted by Crippen LogP contribution is -2.34. The van der Waals surface area contributed by atoms with Gasteiger partial charge in [-0.3, -0.25) is 0 Å². The molecule has 0 bridgehead atoms. The zero-order valence-corrected chi connectivity index (χ0v) is 10.9. The van der Waals surface area contributed by atoms with Crippen molar-refractivity contribution < 1.29 is 0 Å². The average Bonchev–Trinajstić information content (AvgIpc) is 2.04. The molecule has 1 nitrogen and oxygen atoms in total. The molecule has 0 amide bonds. The smallest absolute Gasteiger partial charge is 0.0155 e. The van der Waals surface area contributed by atoms with Crippen LogP contribution in [-0.2, 0) is 0 Å². The van der Waals surface area contributed by atoms with Gasteiger partial charge in [-0.2, -0.15) is 11.8 Å². The second kappa shape index (κ2) is 7.22. The van der Waals surface area contributed by atoms with Gasteiger partial charge in [0, 0.05) is 23.7 Å². The summed E-state index contributed by atoms with van der Waals surface area (Å²) in [5, 5.41) is 1.10. The van der Waals surface area contributed by atoms with Crippen molar-refractivity contribution in [2.75, 3.05) is 30.9 Å². The molecule has 0 saturated heterocycles. The normalized spacial score (nSPS) is 16.5. The Morgan fingerprint density at radius 1 is 1.42 bits per heavy atom. The highest BCUT2D eigenvalue weighted by Gasteiger charge is 2.10. The van der Waals surface area contributed by atoms with Gasteiger partial charge in [-0.1, -0.05) is 22.9 Å². The summed E-state index contributed by atoms with van der Waals surface area (Å²) >= 11 is 5.42. The highest BCUT2D eigenvalue weighted by molar-refractivity contribution is 9.09. The topological polar surface area (TPSA) is 3.24 Å². The third-order valence-electron chi connectivity index (χ3n) is 2.02. The third kappa shape index (κ3) is 5.44. The summed E-state index contributed by atoms with van der Waals surface area (Å²) in [6.07, 6.45) is 2.16. The van der Waals surface area contributed by atoms with Gasteiger partial charge in [-0.15, -0.1) is 0 Å². The monoisotopic (exact) mass is 253 g/mol. The van der Waals surface area contributed by atoms with Crippen LogP contribution in [0.25, 0.3) is 0 Å². The molecule has 0 aromatic rings. The maximum atomic E-state index is 3.50. The molecule has 0 aliphatic heterocycles. The summed E-state index contributed by atoms with van der Waals surface area (Å²) in [5.74, 6) is 1.98. The van der Waals surface area contributed by atoms with Crippen molar-refractivity contribution in [3.05, 3.63) is 0 Å². The fraction of sp³-hybridized carbons (Fsp3) is 1.00. The lowest BCUT2D eigenvalue weighted by molar-refractivity contribution is 0.250. The molecule has 0 saturated carbocycles. The minimum atomic E-state index is 0.696. The van der Waals surface area contributed by atoms with E-state index in [1.165, 1.54) is 12.3 Å². The van der Waals surface area contributed by atoms with E-state index in [2.05, 4.69) is 48.0 Å². The molecular weight excluding hydrogens is 234 g/mol. The van der Waals surface area contributed by atoms with E-state index >= 15 is 0 Å². The van der Waals surface area contributed by atoms with Crippen LogP contribution >= 0.6 is 27.7 Å². The van der Waals surface area contributed by atoms with Crippen LogP contribution in [0.5, 0.6) is 0 Å². The van der Waals surface area contributed by atoms with Crippen LogP contribution in [0.15, 0.2) is 0 Å². The van der Waals surface area contributed by atoms with Gasteiger partial charge in [0.2, 0.25) is 0 Å². The first-order valence-electron chi connectivity index (χ1n) is 4.37. The van der Waals surface area contributed by atoms with Crippen LogP contribution in [-0.4, -0.2) is 41.9 Å². The van der Waals surface area contributed by atoms with E-state index in [9.17, 15) is 0 Å². The van der Waals surface area contributed by atoms with Crippen molar-refractivity contribution in [3.63, 3.8) is 0 Å². The average molecular weight is 254 g/mol. The summed E-state index contributed by atoms with van der Waals surface area (Å²) in [6, 6.07) is 0.696. The first kappa shape index (κ1) is 12.8. The number of nitrogens with zero attached hydrogens (tertiary/aromatic N) is 1. The Kier molecular flexibility index (Phi) is 7.69. The first-order chi connectivity index (χ1) is 5.61. The number of thioether (sulfide) groups is 1. The van der Waals surface area contributed by atoms with E-state index in [0.29, 0.717) is 6.04 Å². The van der Waals surface area contributed by atoms with Crippen molar-refractivity contribution in [1.82, 2.24) is 4.90 Å². The van der Waals surface area contributed by atoms with Gasteiger partial charge in [0.05, 0.1) is 0 Å². The number of rotatable bonds is 6. The molecule has 2 unspecified atom stereocenters. The lowest BCUT2D eigenvalue weighted by atomic mass is 10.2. The number of hydrogen-bond donors (Lipinski definition) is 0. The maximum absolute atomic E-state index is 3.50. The zero-order valence-electron chi connectivity index (χ0n) is 8.51. The molecule has 0 rings (SSSR count). The Morgan fingerprint density at radius 2 is 2.00 bits per heavy atom.